The number of benzene rings is 2. The number of aliphatic carboxylic acids is 1. The standard InChI is InChI=1S/C26H29Cl2N5O4/c27-19-5-2-6-20(28)22(19)24(35)33-21(25(36)37)13-15-7-9-17(10-8-15)31-23(34)16-3-1-4-18(14-16)32-26-29-11-12-30-26/h2,5-10,16,18,21H,1,3-4,11-14H2,(H,31,34)(H,33,35)(H,36,37)(H2,29,30,32)/t16-,18+,21+/m1/s1. The quantitative estimate of drug-likeness (QED) is 0.345. The second-order valence-electron chi connectivity index (χ2n) is 9.21. The van der Waals surface area contributed by atoms with Gasteiger partial charge in [-0.2, -0.15) is 0 Å². The minimum atomic E-state index is -1.19. The van der Waals surface area contributed by atoms with E-state index < -0.39 is 17.9 Å². The number of guanidine groups is 1. The first-order chi connectivity index (χ1) is 17.8. The maximum atomic E-state index is 12.9. The smallest absolute Gasteiger partial charge is 0.326 e. The summed E-state index contributed by atoms with van der Waals surface area (Å²) < 4.78 is 0. The molecule has 9 nitrogen and oxygen atoms in total. The maximum Gasteiger partial charge on any atom is 0.326 e. The van der Waals surface area contributed by atoms with Gasteiger partial charge in [0.1, 0.15) is 6.04 Å². The van der Waals surface area contributed by atoms with Gasteiger partial charge in [-0.25, -0.2) is 4.79 Å². The zero-order valence-electron chi connectivity index (χ0n) is 20.1. The molecule has 37 heavy (non-hydrogen) atoms. The molecule has 2 amide bonds. The fraction of sp³-hybridized carbons (Fsp3) is 0.385. The van der Waals surface area contributed by atoms with E-state index in [1.807, 2.05) is 0 Å². The molecule has 11 heteroatoms. The summed E-state index contributed by atoms with van der Waals surface area (Å²) in [4.78, 5) is 41.7. The van der Waals surface area contributed by atoms with Crippen molar-refractivity contribution in [1.29, 1.82) is 0 Å². The van der Waals surface area contributed by atoms with E-state index >= 15 is 0 Å². The average Bonchev–Trinajstić information content (AvgIpc) is 3.38. The fourth-order valence-electron chi connectivity index (χ4n) is 4.60. The number of rotatable bonds is 8. The van der Waals surface area contributed by atoms with Crippen LogP contribution in [0.5, 0.6) is 0 Å². The molecule has 0 radical (unpaired) electrons. The first kappa shape index (κ1) is 26.8. The molecule has 0 saturated heterocycles. The number of hydrogen-bond donors (Lipinski definition) is 5. The number of carboxylic acids is 1. The first-order valence-electron chi connectivity index (χ1n) is 12.2. The topological polar surface area (TPSA) is 132 Å². The summed E-state index contributed by atoms with van der Waals surface area (Å²) in [6.45, 7) is 1.61. The molecular weight excluding hydrogens is 517 g/mol. The first-order valence-corrected chi connectivity index (χ1v) is 13.0. The van der Waals surface area contributed by atoms with Crippen molar-refractivity contribution in [3.8, 4) is 0 Å². The van der Waals surface area contributed by atoms with Gasteiger partial charge in [0, 0.05) is 30.6 Å². The van der Waals surface area contributed by atoms with Gasteiger partial charge in [0.2, 0.25) is 5.91 Å². The molecule has 2 aliphatic rings. The molecule has 0 bridgehead atoms. The summed E-state index contributed by atoms with van der Waals surface area (Å²) in [5, 5.41) is 22.0. The normalized spacial score (nSPS) is 19.8. The highest BCUT2D eigenvalue weighted by molar-refractivity contribution is 6.39. The summed E-state index contributed by atoms with van der Waals surface area (Å²) in [5.41, 5.74) is 1.34. The number of anilines is 1. The number of nitrogens with zero attached hydrogens (tertiary/aromatic N) is 1. The third-order valence-corrected chi connectivity index (χ3v) is 7.14. The Morgan fingerprint density at radius 2 is 1.81 bits per heavy atom. The molecule has 1 aliphatic heterocycles. The Morgan fingerprint density at radius 3 is 2.46 bits per heavy atom. The molecule has 1 aliphatic carbocycles. The number of carbonyl (C=O) groups excluding carboxylic acids is 2. The SMILES string of the molecule is O=C(N[C@@H](Cc1ccc(NC(=O)[C@@H]2CCC[C@H](NC3=NCCN3)C2)cc1)C(=O)O)c1c(Cl)cccc1Cl. The largest absolute Gasteiger partial charge is 0.480 e. The van der Waals surface area contributed by atoms with Gasteiger partial charge in [0.05, 0.1) is 22.2 Å². The highest BCUT2D eigenvalue weighted by Crippen LogP contribution is 2.26. The lowest BCUT2D eigenvalue weighted by molar-refractivity contribution is -0.139. The van der Waals surface area contributed by atoms with Crippen LogP contribution in [-0.2, 0) is 16.0 Å². The summed E-state index contributed by atoms with van der Waals surface area (Å²) in [6.07, 6.45) is 3.58. The Morgan fingerprint density at radius 1 is 1.08 bits per heavy atom. The molecule has 1 fully saturated rings. The summed E-state index contributed by atoms with van der Waals surface area (Å²) in [5.74, 6) is -1.17. The lowest BCUT2D eigenvalue weighted by Crippen LogP contribution is -2.44. The lowest BCUT2D eigenvalue weighted by atomic mass is 9.85. The Bertz CT molecular complexity index is 1170. The van der Waals surface area contributed by atoms with Crippen molar-refractivity contribution in [2.24, 2.45) is 10.9 Å². The minimum Gasteiger partial charge on any atom is -0.480 e. The molecule has 4 rings (SSSR count). The maximum absolute atomic E-state index is 12.9. The van der Waals surface area contributed by atoms with Gasteiger partial charge < -0.3 is 26.4 Å². The molecule has 1 heterocycles. The second-order valence-corrected chi connectivity index (χ2v) is 10.0. The van der Waals surface area contributed by atoms with E-state index in [0.29, 0.717) is 11.3 Å². The third kappa shape index (κ3) is 7.14. The van der Waals surface area contributed by atoms with Gasteiger partial charge in [-0.1, -0.05) is 47.8 Å². The van der Waals surface area contributed by atoms with Crippen LogP contribution >= 0.6 is 23.2 Å². The number of carboxylic acid groups (broad SMARTS) is 1. The van der Waals surface area contributed by atoms with Crippen LogP contribution in [0.3, 0.4) is 0 Å². The second kappa shape index (κ2) is 12.3. The van der Waals surface area contributed by atoms with Crippen LogP contribution in [0, 0.1) is 5.92 Å². The van der Waals surface area contributed by atoms with Gasteiger partial charge in [0.25, 0.3) is 5.91 Å². The Hall–Kier alpha value is -3.30. The molecule has 2 aromatic carbocycles. The van der Waals surface area contributed by atoms with Crippen LogP contribution in [0.4, 0.5) is 5.69 Å². The Kier molecular flexibility index (Phi) is 8.89. The number of carbonyl (C=O) groups is 3. The van der Waals surface area contributed by atoms with Gasteiger partial charge in [-0.05, 0) is 49.1 Å². The van der Waals surface area contributed by atoms with Gasteiger partial charge in [-0.15, -0.1) is 0 Å². The molecular formula is C26H29Cl2N5O4. The number of amides is 2. The highest BCUT2D eigenvalue weighted by atomic mass is 35.5. The van der Waals surface area contributed by atoms with Gasteiger partial charge >= 0.3 is 5.97 Å². The molecule has 196 valence electrons. The van der Waals surface area contributed by atoms with Crippen molar-refractivity contribution < 1.29 is 19.5 Å². The average molecular weight is 546 g/mol. The predicted octanol–water partition coefficient (Wildman–Crippen LogP) is 3.47. The number of nitrogens with one attached hydrogen (secondary N) is 4. The Labute approximate surface area is 225 Å². The van der Waals surface area contributed by atoms with E-state index in [4.69, 9.17) is 23.2 Å². The molecule has 0 spiro atoms. The van der Waals surface area contributed by atoms with Crippen LogP contribution in [0.15, 0.2) is 47.5 Å². The third-order valence-electron chi connectivity index (χ3n) is 6.51. The summed E-state index contributed by atoms with van der Waals surface area (Å²) in [6, 6.07) is 10.6. The van der Waals surface area contributed by atoms with E-state index in [0.717, 1.165) is 44.7 Å². The molecule has 2 aromatic rings. The van der Waals surface area contributed by atoms with E-state index in [2.05, 4.69) is 26.3 Å². The molecule has 1 saturated carbocycles. The van der Waals surface area contributed by atoms with Crippen molar-refractivity contribution in [2.75, 3.05) is 18.4 Å². The van der Waals surface area contributed by atoms with Crippen molar-refractivity contribution in [2.45, 2.75) is 44.2 Å². The van der Waals surface area contributed by atoms with Gasteiger partial charge in [0.15, 0.2) is 5.96 Å². The highest BCUT2D eigenvalue weighted by Gasteiger charge is 2.28. The van der Waals surface area contributed by atoms with Crippen molar-refractivity contribution in [3.63, 3.8) is 0 Å². The van der Waals surface area contributed by atoms with Crippen molar-refractivity contribution >= 4 is 52.6 Å². The van der Waals surface area contributed by atoms with Crippen LogP contribution in [-0.4, -0.2) is 54.0 Å². The number of halogens is 2. The predicted molar refractivity (Wildman–Crippen MR) is 143 cm³/mol. The lowest BCUT2D eigenvalue weighted by Gasteiger charge is -2.29. The van der Waals surface area contributed by atoms with Crippen LogP contribution in [0.25, 0.3) is 0 Å². The van der Waals surface area contributed by atoms with E-state index in [-0.39, 0.29) is 39.9 Å². The van der Waals surface area contributed by atoms with Crippen LogP contribution < -0.4 is 21.3 Å². The number of aliphatic imine (C=N–C) groups is 1. The van der Waals surface area contributed by atoms with E-state index in [1.165, 1.54) is 12.1 Å². The minimum absolute atomic E-state index is 0.0304. The number of hydrogen-bond acceptors (Lipinski definition) is 6. The van der Waals surface area contributed by atoms with E-state index in [1.54, 1.807) is 30.3 Å². The Balaban J connectivity index is 1.32. The van der Waals surface area contributed by atoms with Crippen LogP contribution in [0.2, 0.25) is 10.0 Å². The zero-order valence-corrected chi connectivity index (χ0v) is 21.6. The fourth-order valence-corrected chi connectivity index (χ4v) is 5.17. The summed E-state index contributed by atoms with van der Waals surface area (Å²) >= 11 is 12.1. The molecule has 0 aromatic heterocycles. The monoisotopic (exact) mass is 545 g/mol. The molecule has 0 unspecified atom stereocenters. The van der Waals surface area contributed by atoms with Gasteiger partial charge in [-0.3, -0.25) is 14.6 Å². The molecule has 3 atom stereocenters. The zero-order chi connectivity index (χ0) is 26.4. The van der Waals surface area contributed by atoms with E-state index in [9.17, 15) is 19.5 Å². The van der Waals surface area contributed by atoms with Crippen LogP contribution in [0.1, 0.15) is 41.6 Å². The van der Waals surface area contributed by atoms with Crippen molar-refractivity contribution in [3.05, 3.63) is 63.6 Å². The van der Waals surface area contributed by atoms with Crippen molar-refractivity contribution in [1.82, 2.24) is 16.0 Å². The summed E-state index contributed by atoms with van der Waals surface area (Å²) in [7, 11) is 0. The molecule has 5 N–H and O–H groups in total.